The van der Waals surface area contributed by atoms with Crippen LogP contribution < -0.4 is 4.90 Å². The molecule has 0 N–H and O–H groups in total. The van der Waals surface area contributed by atoms with Gasteiger partial charge in [-0.2, -0.15) is 13.2 Å². The van der Waals surface area contributed by atoms with Gasteiger partial charge in [-0.3, -0.25) is 0 Å². The van der Waals surface area contributed by atoms with Crippen molar-refractivity contribution in [2.24, 2.45) is 0 Å². The van der Waals surface area contributed by atoms with Crippen LogP contribution in [0.1, 0.15) is 18.9 Å². The van der Waals surface area contributed by atoms with Gasteiger partial charge in [-0.15, -0.1) is 0 Å². The molecule has 19 heavy (non-hydrogen) atoms. The van der Waals surface area contributed by atoms with Crippen molar-refractivity contribution in [3.8, 4) is 0 Å². The van der Waals surface area contributed by atoms with Gasteiger partial charge >= 0.3 is 6.18 Å². The Bertz CT molecular complexity index is 359. The van der Waals surface area contributed by atoms with Gasteiger partial charge in [0.2, 0.25) is 5.95 Å². The SMILES string of the molecule is CC[CH]CN(CCOC)c1ncc(C(F)(F)F)cn1. The Morgan fingerprint density at radius 2 is 1.95 bits per heavy atom. The minimum Gasteiger partial charge on any atom is -0.383 e. The number of anilines is 1. The van der Waals surface area contributed by atoms with E-state index in [9.17, 15) is 13.2 Å². The summed E-state index contributed by atoms with van der Waals surface area (Å²) >= 11 is 0. The first-order valence-corrected chi connectivity index (χ1v) is 5.93. The maximum absolute atomic E-state index is 12.4. The average molecular weight is 276 g/mol. The molecule has 0 amide bonds. The summed E-state index contributed by atoms with van der Waals surface area (Å²) in [5.74, 6) is 0.273. The van der Waals surface area contributed by atoms with Crippen molar-refractivity contribution in [1.29, 1.82) is 0 Å². The van der Waals surface area contributed by atoms with E-state index in [1.54, 1.807) is 12.0 Å². The minimum atomic E-state index is -4.41. The summed E-state index contributed by atoms with van der Waals surface area (Å²) in [4.78, 5) is 9.31. The Balaban J connectivity index is 2.78. The van der Waals surface area contributed by atoms with Crippen LogP contribution >= 0.6 is 0 Å². The molecule has 0 saturated carbocycles. The van der Waals surface area contributed by atoms with Crippen molar-refractivity contribution in [1.82, 2.24) is 9.97 Å². The molecule has 7 heteroatoms. The number of methoxy groups -OCH3 is 1. The second-order valence-corrected chi connectivity index (χ2v) is 3.91. The van der Waals surface area contributed by atoms with Gasteiger partial charge in [0.05, 0.1) is 12.2 Å². The fourth-order valence-electron chi connectivity index (χ4n) is 1.39. The van der Waals surface area contributed by atoms with Crippen molar-refractivity contribution in [3.63, 3.8) is 0 Å². The minimum absolute atomic E-state index is 0.273. The number of hydrogen-bond acceptors (Lipinski definition) is 4. The number of aromatic nitrogens is 2. The molecule has 0 unspecified atom stereocenters. The molecule has 0 aliphatic rings. The molecular weight excluding hydrogens is 259 g/mol. The van der Waals surface area contributed by atoms with Crippen LogP contribution in [-0.2, 0) is 10.9 Å². The van der Waals surface area contributed by atoms with Gasteiger partial charge in [-0.25, -0.2) is 9.97 Å². The van der Waals surface area contributed by atoms with Gasteiger partial charge in [0.25, 0.3) is 0 Å². The van der Waals surface area contributed by atoms with E-state index in [4.69, 9.17) is 4.74 Å². The van der Waals surface area contributed by atoms with Gasteiger partial charge < -0.3 is 9.64 Å². The highest BCUT2D eigenvalue weighted by Crippen LogP contribution is 2.28. The van der Waals surface area contributed by atoms with Gasteiger partial charge in [-0.1, -0.05) is 13.3 Å². The molecular formula is C12H17F3N3O. The molecule has 0 bridgehead atoms. The normalized spacial score (nSPS) is 11.6. The molecule has 0 aromatic carbocycles. The Hall–Kier alpha value is -1.37. The Morgan fingerprint density at radius 1 is 1.32 bits per heavy atom. The monoisotopic (exact) mass is 276 g/mol. The molecule has 0 fully saturated rings. The van der Waals surface area contributed by atoms with Crippen molar-refractivity contribution in [3.05, 3.63) is 24.4 Å². The maximum atomic E-state index is 12.4. The molecule has 1 aromatic heterocycles. The lowest BCUT2D eigenvalue weighted by Gasteiger charge is -2.22. The van der Waals surface area contributed by atoms with E-state index >= 15 is 0 Å². The molecule has 1 heterocycles. The molecule has 107 valence electrons. The van der Waals surface area contributed by atoms with E-state index < -0.39 is 11.7 Å². The summed E-state index contributed by atoms with van der Waals surface area (Å²) in [6.45, 7) is 3.55. The standard InChI is InChI=1S/C12H17F3N3O/c1-3-4-5-18(6-7-19-2)11-16-8-10(9-17-11)12(13,14)15/h4,8-9H,3,5-7H2,1-2H3. The highest BCUT2D eigenvalue weighted by Gasteiger charge is 2.31. The maximum Gasteiger partial charge on any atom is 0.419 e. The zero-order chi connectivity index (χ0) is 14.3. The fraction of sp³-hybridized carbons (Fsp3) is 0.583. The number of halogens is 3. The van der Waals surface area contributed by atoms with Gasteiger partial charge in [0.1, 0.15) is 0 Å². The third-order valence-corrected chi connectivity index (χ3v) is 2.45. The van der Waals surface area contributed by atoms with Gasteiger partial charge in [0, 0.05) is 32.6 Å². The lowest BCUT2D eigenvalue weighted by Crippen LogP contribution is -2.30. The molecule has 1 radical (unpaired) electrons. The molecule has 4 nitrogen and oxygen atoms in total. The summed E-state index contributed by atoms with van der Waals surface area (Å²) in [5, 5.41) is 0. The Kier molecular flexibility index (Phi) is 6.01. The molecule has 0 aliphatic carbocycles. The predicted octanol–water partition coefficient (Wildman–Crippen LogP) is 2.56. The summed E-state index contributed by atoms with van der Waals surface area (Å²) in [5.41, 5.74) is -0.845. The number of hydrogen-bond donors (Lipinski definition) is 0. The first kappa shape index (κ1) is 15.7. The topological polar surface area (TPSA) is 38.2 Å². The van der Waals surface area contributed by atoms with Crippen LogP contribution in [0.2, 0.25) is 0 Å². The number of alkyl halides is 3. The number of nitrogens with zero attached hydrogens (tertiary/aromatic N) is 3. The molecule has 0 spiro atoms. The van der Waals surface area contributed by atoms with Crippen molar-refractivity contribution < 1.29 is 17.9 Å². The lowest BCUT2D eigenvalue weighted by atomic mass is 10.3. The highest BCUT2D eigenvalue weighted by molar-refractivity contribution is 5.31. The van der Waals surface area contributed by atoms with Crippen LogP contribution in [0.4, 0.5) is 19.1 Å². The van der Waals surface area contributed by atoms with Crippen LogP contribution in [0.15, 0.2) is 12.4 Å². The van der Waals surface area contributed by atoms with Gasteiger partial charge in [-0.05, 0) is 6.42 Å². The van der Waals surface area contributed by atoms with E-state index in [2.05, 4.69) is 9.97 Å². The van der Waals surface area contributed by atoms with Crippen molar-refractivity contribution >= 4 is 5.95 Å². The number of rotatable bonds is 7. The predicted molar refractivity (Wildman–Crippen MR) is 65.7 cm³/mol. The fourth-order valence-corrected chi connectivity index (χ4v) is 1.39. The number of unbranched alkanes of at least 4 members (excludes halogenated alkanes) is 1. The second kappa shape index (κ2) is 7.28. The molecule has 1 rings (SSSR count). The van der Waals surface area contributed by atoms with Crippen LogP contribution in [-0.4, -0.2) is 36.8 Å². The molecule has 0 saturated heterocycles. The van der Waals surface area contributed by atoms with Crippen LogP contribution in [0.3, 0.4) is 0 Å². The summed E-state index contributed by atoms with van der Waals surface area (Å²) < 4.78 is 42.2. The average Bonchev–Trinajstić information content (AvgIpc) is 2.38. The van der Waals surface area contributed by atoms with Crippen molar-refractivity contribution in [2.75, 3.05) is 31.7 Å². The molecule has 0 aliphatic heterocycles. The van der Waals surface area contributed by atoms with Gasteiger partial charge in [0.15, 0.2) is 0 Å². The van der Waals surface area contributed by atoms with Crippen LogP contribution in [0, 0.1) is 6.42 Å². The van der Waals surface area contributed by atoms with E-state index in [0.29, 0.717) is 19.7 Å². The van der Waals surface area contributed by atoms with Crippen LogP contribution in [0.5, 0.6) is 0 Å². The Labute approximate surface area is 110 Å². The van der Waals surface area contributed by atoms with E-state index in [1.807, 2.05) is 13.3 Å². The summed E-state index contributed by atoms with van der Waals surface area (Å²) in [7, 11) is 1.56. The first-order valence-electron chi connectivity index (χ1n) is 5.93. The zero-order valence-electron chi connectivity index (χ0n) is 10.9. The van der Waals surface area contributed by atoms with Crippen LogP contribution in [0.25, 0.3) is 0 Å². The highest BCUT2D eigenvalue weighted by atomic mass is 19.4. The van der Waals surface area contributed by atoms with E-state index in [-0.39, 0.29) is 5.95 Å². The number of ether oxygens (including phenoxy) is 1. The summed E-state index contributed by atoms with van der Waals surface area (Å²) in [6, 6.07) is 0. The quantitative estimate of drug-likeness (QED) is 0.767. The zero-order valence-corrected chi connectivity index (χ0v) is 10.9. The Morgan fingerprint density at radius 3 is 2.42 bits per heavy atom. The van der Waals surface area contributed by atoms with E-state index in [0.717, 1.165) is 18.8 Å². The largest absolute Gasteiger partial charge is 0.419 e. The molecule has 1 aromatic rings. The third-order valence-electron chi connectivity index (χ3n) is 2.45. The lowest BCUT2D eigenvalue weighted by molar-refractivity contribution is -0.138. The van der Waals surface area contributed by atoms with E-state index in [1.165, 1.54) is 0 Å². The van der Waals surface area contributed by atoms with Crippen molar-refractivity contribution in [2.45, 2.75) is 19.5 Å². The first-order chi connectivity index (χ1) is 8.99. The summed E-state index contributed by atoms with van der Waals surface area (Å²) in [6.07, 6.45) is 0.0500. The third kappa shape index (κ3) is 5.02. The second-order valence-electron chi connectivity index (χ2n) is 3.91. The smallest absolute Gasteiger partial charge is 0.383 e. The molecule has 0 atom stereocenters.